The summed E-state index contributed by atoms with van der Waals surface area (Å²) in [6.45, 7) is 0. The fourth-order valence-corrected chi connectivity index (χ4v) is 3.14. The minimum Gasteiger partial charge on any atom is -0.327 e. The summed E-state index contributed by atoms with van der Waals surface area (Å²) >= 11 is 0. The van der Waals surface area contributed by atoms with Gasteiger partial charge in [-0.15, -0.1) is 0 Å². The number of hydrogen-bond acceptors (Lipinski definition) is 1. The highest BCUT2D eigenvalue weighted by Gasteiger charge is 2.64. The van der Waals surface area contributed by atoms with Crippen LogP contribution in [0.3, 0.4) is 0 Å². The summed E-state index contributed by atoms with van der Waals surface area (Å²) in [7, 11) is 0. The maximum atomic E-state index is 6.25. The lowest BCUT2D eigenvalue weighted by Gasteiger charge is -2.16. The second-order valence-corrected chi connectivity index (χ2v) is 5.38. The van der Waals surface area contributed by atoms with Gasteiger partial charge in [-0.25, -0.2) is 0 Å². The van der Waals surface area contributed by atoms with Crippen molar-refractivity contribution in [1.29, 1.82) is 0 Å². The van der Waals surface area contributed by atoms with Crippen LogP contribution < -0.4 is 5.73 Å². The molecule has 0 aliphatic heterocycles. The fraction of sp³-hybridized carbons (Fsp3) is 0.833. The molecule has 0 aromatic rings. The van der Waals surface area contributed by atoms with Gasteiger partial charge in [0.25, 0.3) is 0 Å². The van der Waals surface area contributed by atoms with Gasteiger partial charge in [-0.3, -0.25) is 0 Å². The first-order valence-corrected chi connectivity index (χ1v) is 5.71. The standard InChI is InChI=1S/C12H19N/c13-11(7-9-3-1-2-4-9)10-8-12(10)5-6-12/h1-2,9-11H,3-8,13H2. The SMILES string of the molecule is NC(CC1CC=CC1)C1CC12CC2. The first-order chi connectivity index (χ1) is 6.30. The normalized spacial score (nSPS) is 36.8. The Morgan fingerprint density at radius 1 is 1.31 bits per heavy atom. The van der Waals surface area contributed by atoms with Crippen LogP contribution in [-0.4, -0.2) is 6.04 Å². The van der Waals surface area contributed by atoms with Gasteiger partial charge in [0.05, 0.1) is 0 Å². The van der Waals surface area contributed by atoms with Crippen molar-refractivity contribution < 1.29 is 0 Å². The zero-order valence-corrected chi connectivity index (χ0v) is 8.21. The van der Waals surface area contributed by atoms with Crippen LogP contribution in [0, 0.1) is 17.3 Å². The molecular formula is C12H19N. The molecule has 72 valence electrons. The monoisotopic (exact) mass is 177 g/mol. The van der Waals surface area contributed by atoms with E-state index in [0.717, 1.165) is 17.3 Å². The van der Waals surface area contributed by atoms with Gasteiger partial charge in [0.1, 0.15) is 0 Å². The highest BCUT2D eigenvalue weighted by atomic mass is 14.8. The molecule has 1 heteroatoms. The molecule has 2 saturated carbocycles. The van der Waals surface area contributed by atoms with Gasteiger partial charge in [0.15, 0.2) is 0 Å². The number of nitrogens with two attached hydrogens (primary N) is 1. The first kappa shape index (κ1) is 8.05. The molecule has 0 amide bonds. The summed E-state index contributed by atoms with van der Waals surface area (Å²) in [6.07, 6.45) is 12.9. The van der Waals surface area contributed by atoms with Crippen molar-refractivity contribution >= 4 is 0 Å². The van der Waals surface area contributed by atoms with E-state index in [1.807, 2.05) is 0 Å². The maximum absolute atomic E-state index is 6.25. The third kappa shape index (κ3) is 1.34. The van der Waals surface area contributed by atoms with Crippen LogP contribution in [0.1, 0.15) is 38.5 Å². The number of rotatable bonds is 3. The molecule has 2 unspecified atom stereocenters. The molecule has 0 aromatic carbocycles. The van der Waals surface area contributed by atoms with Crippen LogP contribution in [0.4, 0.5) is 0 Å². The topological polar surface area (TPSA) is 26.0 Å². The van der Waals surface area contributed by atoms with Gasteiger partial charge >= 0.3 is 0 Å². The van der Waals surface area contributed by atoms with Crippen LogP contribution >= 0.6 is 0 Å². The Labute approximate surface area is 80.4 Å². The molecule has 0 heterocycles. The van der Waals surface area contributed by atoms with Crippen LogP contribution in [0.2, 0.25) is 0 Å². The smallest absolute Gasteiger partial charge is 0.00755 e. The average molecular weight is 177 g/mol. The van der Waals surface area contributed by atoms with Crippen LogP contribution in [0.5, 0.6) is 0 Å². The highest BCUT2D eigenvalue weighted by Crippen LogP contribution is 2.71. The quantitative estimate of drug-likeness (QED) is 0.658. The van der Waals surface area contributed by atoms with E-state index in [2.05, 4.69) is 12.2 Å². The van der Waals surface area contributed by atoms with Gasteiger partial charge in [0, 0.05) is 6.04 Å². The van der Waals surface area contributed by atoms with E-state index in [1.165, 1.54) is 38.5 Å². The minimum absolute atomic E-state index is 0.521. The molecule has 3 aliphatic carbocycles. The molecule has 2 N–H and O–H groups in total. The molecule has 3 aliphatic rings. The van der Waals surface area contributed by atoms with Crippen LogP contribution in [0.15, 0.2) is 12.2 Å². The highest BCUT2D eigenvalue weighted by molar-refractivity contribution is 5.15. The molecule has 3 rings (SSSR count). The Hall–Kier alpha value is -0.300. The molecule has 2 fully saturated rings. The molecule has 0 bridgehead atoms. The van der Waals surface area contributed by atoms with E-state index in [-0.39, 0.29) is 0 Å². The largest absolute Gasteiger partial charge is 0.327 e. The Morgan fingerprint density at radius 3 is 2.54 bits per heavy atom. The Morgan fingerprint density at radius 2 is 2.00 bits per heavy atom. The van der Waals surface area contributed by atoms with Crippen molar-refractivity contribution in [3.8, 4) is 0 Å². The predicted octanol–water partition coefficient (Wildman–Crippen LogP) is 2.47. The van der Waals surface area contributed by atoms with E-state index < -0.39 is 0 Å². The van der Waals surface area contributed by atoms with Crippen molar-refractivity contribution in [3.63, 3.8) is 0 Å². The third-order valence-corrected chi connectivity index (χ3v) is 4.37. The third-order valence-electron chi connectivity index (χ3n) is 4.37. The van der Waals surface area contributed by atoms with Crippen molar-refractivity contribution in [2.24, 2.45) is 23.0 Å². The van der Waals surface area contributed by atoms with E-state index >= 15 is 0 Å². The van der Waals surface area contributed by atoms with Crippen molar-refractivity contribution in [3.05, 3.63) is 12.2 Å². The molecule has 0 aromatic heterocycles. The lowest BCUT2D eigenvalue weighted by Crippen LogP contribution is -2.26. The van der Waals surface area contributed by atoms with Crippen LogP contribution in [0.25, 0.3) is 0 Å². The summed E-state index contributed by atoms with van der Waals surface area (Å²) < 4.78 is 0. The zero-order chi connectivity index (χ0) is 8.89. The molecule has 1 nitrogen and oxygen atoms in total. The molecule has 1 spiro atoms. The zero-order valence-electron chi connectivity index (χ0n) is 8.21. The van der Waals surface area contributed by atoms with E-state index in [1.54, 1.807) is 0 Å². The Balaban J connectivity index is 1.50. The second-order valence-electron chi connectivity index (χ2n) is 5.38. The van der Waals surface area contributed by atoms with Crippen molar-refractivity contribution in [2.45, 2.75) is 44.6 Å². The van der Waals surface area contributed by atoms with Gasteiger partial charge in [0.2, 0.25) is 0 Å². The molecule has 0 radical (unpaired) electrons. The molecule has 13 heavy (non-hydrogen) atoms. The summed E-state index contributed by atoms with van der Waals surface area (Å²) in [5, 5.41) is 0. The van der Waals surface area contributed by atoms with E-state index in [4.69, 9.17) is 5.73 Å². The number of allylic oxidation sites excluding steroid dienone is 2. The fourth-order valence-electron chi connectivity index (χ4n) is 3.14. The Kier molecular flexibility index (Phi) is 1.61. The molecule has 2 atom stereocenters. The summed E-state index contributed by atoms with van der Waals surface area (Å²) in [4.78, 5) is 0. The first-order valence-electron chi connectivity index (χ1n) is 5.71. The predicted molar refractivity (Wildman–Crippen MR) is 54.2 cm³/mol. The summed E-state index contributed by atoms with van der Waals surface area (Å²) in [6, 6.07) is 0.521. The Bertz CT molecular complexity index is 232. The molecular weight excluding hydrogens is 158 g/mol. The lowest BCUT2D eigenvalue weighted by atomic mass is 9.94. The van der Waals surface area contributed by atoms with E-state index in [0.29, 0.717) is 6.04 Å². The van der Waals surface area contributed by atoms with Crippen molar-refractivity contribution in [2.75, 3.05) is 0 Å². The summed E-state index contributed by atoms with van der Waals surface area (Å²) in [5.41, 5.74) is 7.04. The van der Waals surface area contributed by atoms with Gasteiger partial charge in [-0.2, -0.15) is 0 Å². The summed E-state index contributed by atoms with van der Waals surface area (Å²) in [5.74, 6) is 1.79. The molecule has 0 saturated heterocycles. The van der Waals surface area contributed by atoms with Gasteiger partial charge in [-0.05, 0) is 55.8 Å². The second kappa shape index (κ2) is 2.60. The minimum atomic E-state index is 0.521. The van der Waals surface area contributed by atoms with Crippen molar-refractivity contribution in [1.82, 2.24) is 0 Å². The maximum Gasteiger partial charge on any atom is 0.00755 e. The van der Waals surface area contributed by atoms with E-state index in [9.17, 15) is 0 Å². The average Bonchev–Trinajstić information content (AvgIpc) is 3.00. The van der Waals surface area contributed by atoms with Gasteiger partial charge < -0.3 is 5.73 Å². The van der Waals surface area contributed by atoms with Crippen LogP contribution in [-0.2, 0) is 0 Å². The lowest BCUT2D eigenvalue weighted by molar-refractivity contribution is 0.410. The number of hydrogen-bond donors (Lipinski definition) is 1. The van der Waals surface area contributed by atoms with Gasteiger partial charge in [-0.1, -0.05) is 12.2 Å².